The summed E-state index contributed by atoms with van der Waals surface area (Å²) >= 11 is 0. The summed E-state index contributed by atoms with van der Waals surface area (Å²) in [5, 5.41) is 13.5. The van der Waals surface area contributed by atoms with Gasteiger partial charge in [-0.05, 0) is 43.7 Å². The summed E-state index contributed by atoms with van der Waals surface area (Å²) in [6, 6.07) is 10.6. The molecule has 1 aliphatic rings. The average Bonchev–Trinajstić information content (AvgIpc) is 2.64. The number of para-hydroxylation sites is 1. The van der Waals surface area contributed by atoms with Gasteiger partial charge >= 0.3 is 0 Å². The SMILES string of the molecule is CC1CCC(CO)CN1CC(=O)NCCc1cccc2cccnc12. The predicted octanol–water partition coefficient (Wildman–Crippen LogP) is 1.99. The number of pyridine rings is 1. The zero-order valence-electron chi connectivity index (χ0n) is 14.8. The molecule has 0 saturated carbocycles. The van der Waals surface area contributed by atoms with E-state index in [-0.39, 0.29) is 12.5 Å². The second-order valence-corrected chi connectivity index (χ2v) is 7.00. The number of nitrogens with one attached hydrogen (secondary N) is 1. The fourth-order valence-corrected chi connectivity index (χ4v) is 3.58. The van der Waals surface area contributed by atoms with E-state index >= 15 is 0 Å². The number of hydrogen-bond acceptors (Lipinski definition) is 4. The van der Waals surface area contributed by atoms with Gasteiger partial charge in [0, 0.05) is 37.3 Å². The molecule has 1 aliphatic heterocycles. The van der Waals surface area contributed by atoms with Gasteiger partial charge in [-0.2, -0.15) is 0 Å². The molecule has 0 radical (unpaired) electrons. The Bertz CT molecular complexity index is 714. The molecule has 2 unspecified atom stereocenters. The van der Waals surface area contributed by atoms with Gasteiger partial charge in [-0.3, -0.25) is 14.7 Å². The number of nitrogens with zero attached hydrogens (tertiary/aromatic N) is 2. The summed E-state index contributed by atoms with van der Waals surface area (Å²) in [5.74, 6) is 0.351. The number of aliphatic hydroxyl groups is 1. The topological polar surface area (TPSA) is 65.5 Å². The summed E-state index contributed by atoms with van der Waals surface area (Å²) in [6.07, 6.45) is 4.67. The van der Waals surface area contributed by atoms with E-state index in [0.29, 0.717) is 25.0 Å². The van der Waals surface area contributed by atoms with Gasteiger partial charge in [-0.15, -0.1) is 0 Å². The first kappa shape index (κ1) is 17.8. The van der Waals surface area contributed by atoms with E-state index in [1.807, 2.05) is 12.1 Å². The molecule has 5 heteroatoms. The van der Waals surface area contributed by atoms with Crippen molar-refractivity contribution in [3.05, 3.63) is 42.1 Å². The molecule has 1 saturated heterocycles. The van der Waals surface area contributed by atoms with Crippen molar-refractivity contribution in [1.82, 2.24) is 15.2 Å². The molecule has 0 spiro atoms. The highest BCUT2D eigenvalue weighted by molar-refractivity contribution is 5.81. The van der Waals surface area contributed by atoms with Crippen molar-refractivity contribution in [3.63, 3.8) is 0 Å². The van der Waals surface area contributed by atoms with E-state index in [1.165, 1.54) is 0 Å². The summed E-state index contributed by atoms with van der Waals surface area (Å²) in [4.78, 5) is 18.9. The first-order chi connectivity index (χ1) is 12.2. The molecule has 2 aromatic rings. The largest absolute Gasteiger partial charge is 0.396 e. The van der Waals surface area contributed by atoms with Gasteiger partial charge in [0.2, 0.25) is 5.91 Å². The third-order valence-electron chi connectivity index (χ3n) is 5.15. The first-order valence-electron chi connectivity index (χ1n) is 9.11. The number of benzene rings is 1. The predicted molar refractivity (Wildman–Crippen MR) is 99.3 cm³/mol. The zero-order valence-corrected chi connectivity index (χ0v) is 14.8. The van der Waals surface area contributed by atoms with Gasteiger partial charge in [-0.25, -0.2) is 0 Å². The van der Waals surface area contributed by atoms with Crippen LogP contribution in [0, 0.1) is 5.92 Å². The molecule has 2 atom stereocenters. The number of amides is 1. The smallest absolute Gasteiger partial charge is 0.234 e. The van der Waals surface area contributed by atoms with Crippen LogP contribution in [0.4, 0.5) is 0 Å². The summed E-state index contributed by atoms with van der Waals surface area (Å²) in [6.45, 7) is 4.19. The minimum Gasteiger partial charge on any atom is -0.396 e. The number of piperidine rings is 1. The van der Waals surface area contributed by atoms with Crippen LogP contribution in [0.1, 0.15) is 25.3 Å². The minimum atomic E-state index is 0.0543. The molecule has 3 rings (SSSR count). The summed E-state index contributed by atoms with van der Waals surface area (Å²) in [7, 11) is 0. The van der Waals surface area contributed by atoms with Gasteiger partial charge in [-0.1, -0.05) is 24.3 Å². The quantitative estimate of drug-likeness (QED) is 0.843. The maximum absolute atomic E-state index is 12.3. The average molecular weight is 341 g/mol. The summed E-state index contributed by atoms with van der Waals surface area (Å²) in [5.41, 5.74) is 2.17. The van der Waals surface area contributed by atoms with Crippen molar-refractivity contribution >= 4 is 16.8 Å². The Morgan fingerprint density at radius 3 is 3.00 bits per heavy atom. The number of hydrogen-bond donors (Lipinski definition) is 2. The van der Waals surface area contributed by atoms with E-state index in [1.54, 1.807) is 6.20 Å². The number of aliphatic hydroxyl groups excluding tert-OH is 1. The number of fused-ring (bicyclic) bond motifs is 1. The van der Waals surface area contributed by atoms with E-state index in [0.717, 1.165) is 42.3 Å². The lowest BCUT2D eigenvalue weighted by molar-refractivity contribution is -0.123. The van der Waals surface area contributed by atoms with Crippen molar-refractivity contribution < 1.29 is 9.90 Å². The van der Waals surface area contributed by atoms with Crippen LogP contribution < -0.4 is 5.32 Å². The van der Waals surface area contributed by atoms with Crippen LogP contribution in [0.5, 0.6) is 0 Å². The lowest BCUT2D eigenvalue weighted by Gasteiger charge is -2.36. The molecule has 1 aromatic carbocycles. The highest BCUT2D eigenvalue weighted by atomic mass is 16.3. The molecule has 5 nitrogen and oxygen atoms in total. The van der Waals surface area contributed by atoms with Crippen LogP contribution >= 0.6 is 0 Å². The second-order valence-electron chi connectivity index (χ2n) is 7.00. The third kappa shape index (κ3) is 4.55. The van der Waals surface area contributed by atoms with Crippen molar-refractivity contribution in [2.24, 2.45) is 5.92 Å². The molecular formula is C20H27N3O2. The van der Waals surface area contributed by atoms with Crippen molar-refractivity contribution in [2.45, 2.75) is 32.2 Å². The van der Waals surface area contributed by atoms with Gasteiger partial charge < -0.3 is 10.4 Å². The zero-order chi connectivity index (χ0) is 17.6. The lowest BCUT2D eigenvalue weighted by atomic mass is 9.94. The number of carbonyl (C=O) groups excluding carboxylic acids is 1. The monoisotopic (exact) mass is 341 g/mol. The Morgan fingerprint density at radius 2 is 2.16 bits per heavy atom. The van der Waals surface area contributed by atoms with Crippen LogP contribution in [-0.4, -0.2) is 53.2 Å². The summed E-state index contributed by atoms with van der Waals surface area (Å²) < 4.78 is 0. The molecule has 1 aromatic heterocycles. The number of likely N-dealkylation sites (tertiary alicyclic amines) is 1. The molecule has 0 bridgehead atoms. The van der Waals surface area contributed by atoms with E-state index in [9.17, 15) is 9.90 Å². The maximum atomic E-state index is 12.3. The van der Waals surface area contributed by atoms with Gasteiger partial charge in [0.05, 0.1) is 12.1 Å². The van der Waals surface area contributed by atoms with Gasteiger partial charge in [0.25, 0.3) is 0 Å². The molecule has 25 heavy (non-hydrogen) atoms. The van der Waals surface area contributed by atoms with Crippen LogP contribution in [0.25, 0.3) is 10.9 Å². The first-order valence-corrected chi connectivity index (χ1v) is 9.11. The Kier molecular flexibility index (Phi) is 6.00. The molecule has 0 aliphatic carbocycles. The Labute approximate surface area is 149 Å². The molecule has 1 fully saturated rings. The Balaban J connectivity index is 1.50. The van der Waals surface area contributed by atoms with Crippen molar-refractivity contribution in [3.8, 4) is 0 Å². The number of rotatable bonds is 6. The van der Waals surface area contributed by atoms with E-state index in [2.05, 4.69) is 40.3 Å². The van der Waals surface area contributed by atoms with Crippen LogP contribution in [0.2, 0.25) is 0 Å². The fraction of sp³-hybridized carbons (Fsp3) is 0.500. The fourth-order valence-electron chi connectivity index (χ4n) is 3.58. The lowest BCUT2D eigenvalue weighted by Crippen LogP contribution is -2.47. The minimum absolute atomic E-state index is 0.0543. The standard InChI is InChI=1S/C20H27N3O2/c1-15-7-8-16(14-24)12-23(15)13-19(25)21-11-9-18-5-2-4-17-6-3-10-22-20(17)18/h2-6,10,15-16,24H,7-9,11-14H2,1H3,(H,21,25). The molecule has 134 valence electrons. The highest BCUT2D eigenvalue weighted by Crippen LogP contribution is 2.21. The third-order valence-corrected chi connectivity index (χ3v) is 5.15. The normalized spacial score (nSPS) is 21.4. The number of aromatic nitrogens is 1. The maximum Gasteiger partial charge on any atom is 0.234 e. The van der Waals surface area contributed by atoms with Gasteiger partial charge in [0.1, 0.15) is 0 Å². The Morgan fingerprint density at radius 1 is 1.32 bits per heavy atom. The Hall–Kier alpha value is -1.98. The molecular weight excluding hydrogens is 314 g/mol. The van der Waals surface area contributed by atoms with E-state index < -0.39 is 0 Å². The van der Waals surface area contributed by atoms with Crippen molar-refractivity contribution in [1.29, 1.82) is 0 Å². The highest BCUT2D eigenvalue weighted by Gasteiger charge is 2.26. The van der Waals surface area contributed by atoms with Gasteiger partial charge in [0.15, 0.2) is 0 Å². The van der Waals surface area contributed by atoms with E-state index in [4.69, 9.17) is 0 Å². The number of carbonyl (C=O) groups is 1. The second kappa shape index (κ2) is 8.41. The van der Waals surface area contributed by atoms with Crippen molar-refractivity contribution in [2.75, 3.05) is 26.2 Å². The van der Waals surface area contributed by atoms with Crippen LogP contribution in [0.15, 0.2) is 36.5 Å². The van der Waals surface area contributed by atoms with Crippen LogP contribution in [0.3, 0.4) is 0 Å². The molecule has 1 amide bonds. The van der Waals surface area contributed by atoms with Crippen LogP contribution in [-0.2, 0) is 11.2 Å². The molecule has 2 heterocycles. The molecule has 2 N–H and O–H groups in total.